The van der Waals surface area contributed by atoms with Crippen molar-refractivity contribution in [1.29, 1.82) is 0 Å². The molecule has 1 atom stereocenters. The molecule has 0 spiro atoms. The minimum absolute atomic E-state index is 0.104. The molecule has 0 aromatic heterocycles. The van der Waals surface area contributed by atoms with Crippen LogP contribution in [0.1, 0.15) is 28.7 Å². The lowest BCUT2D eigenvalue weighted by atomic mass is 10.0. The van der Waals surface area contributed by atoms with Gasteiger partial charge < -0.3 is 9.84 Å². The molecular weight excluding hydrogens is 496 g/mol. The number of rotatable bonds is 6. The summed E-state index contributed by atoms with van der Waals surface area (Å²) in [6, 6.07) is 6.58. The molecule has 2 aromatic rings. The number of ether oxygens (including phenoxy) is 1. The fourth-order valence-corrected chi connectivity index (χ4v) is 5.15. The zero-order valence-electron chi connectivity index (χ0n) is 18.2. The summed E-state index contributed by atoms with van der Waals surface area (Å²) in [6.45, 7) is 1.38. The highest BCUT2D eigenvalue weighted by Gasteiger charge is 2.38. The molecule has 0 aliphatic carbocycles. The van der Waals surface area contributed by atoms with E-state index >= 15 is 0 Å². The van der Waals surface area contributed by atoms with Crippen LogP contribution < -0.4 is 4.74 Å². The minimum atomic E-state index is -4.95. The Kier molecular flexibility index (Phi) is 7.10. The average Bonchev–Trinajstić information content (AvgIpc) is 3.25. The second-order valence-corrected chi connectivity index (χ2v) is 9.52. The van der Waals surface area contributed by atoms with Gasteiger partial charge in [-0.05, 0) is 48.4 Å². The average molecular weight is 517 g/mol. The van der Waals surface area contributed by atoms with Crippen molar-refractivity contribution in [2.45, 2.75) is 30.3 Å². The third kappa shape index (κ3) is 6.13. The van der Waals surface area contributed by atoms with Gasteiger partial charge in [-0.2, -0.15) is 26.3 Å². The van der Waals surface area contributed by atoms with Crippen molar-refractivity contribution in [1.82, 2.24) is 4.90 Å². The second-order valence-electron chi connectivity index (χ2n) is 8.51. The summed E-state index contributed by atoms with van der Waals surface area (Å²) in [7, 11) is 0. The molecule has 2 aliphatic heterocycles. The van der Waals surface area contributed by atoms with Crippen molar-refractivity contribution >= 4 is 23.8 Å². The van der Waals surface area contributed by atoms with E-state index in [2.05, 4.69) is 4.90 Å². The third-order valence-corrected chi connectivity index (χ3v) is 7.12. The van der Waals surface area contributed by atoms with E-state index in [-0.39, 0.29) is 17.5 Å². The van der Waals surface area contributed by atoms with E-state index in [4.69, 9.17) is 9.84 Å². The van der Waals surface area contributed by atoms with Gasteiger partial charge in [0.15, 0.2) is 0 Å². The van der Waals surface area contributed by atoms with Crippen molar-refractivity contribution in [2.24, 2.45) is 5.92 Å². The number of alkyl halides is 6. The first kappa shape index (κ1) is 25.4. The molecule has 1 saturated heterocycles. The van der Waals surface area contributed by atoms with Crippen LogP contribution in [-0.4, -0.2) is 41.4 Å². The van der Waals surface area contributed by atoms with Gasteiger partial charge in [0.1, 0.15) is 12.4 Å². The minimum Gasteiger partial charge on any atom is -0.489 e. The first-order chi connectivity index (χ1) is 16.4. The number of hydrogen-bond acceptors (Lipinski definition) is 4. The summed E-state index contributed by atoms with van der Waals surface area (Å²) in [5, 5.41) is 9.15. The van der Waals surface area contributed by atoms with E-state index in [1.54, 1.807) is 18.2 Å². The van der Waals surface area contributed by atoms with Crippen molar-refractivity contribution in [3.8, 4) is 5.75 Å². The van der Waals surface area contributed by atoms with Gasteiger partial charge >= 0.3 is 18.3 Å². The predicted octanol–water partition coefficient (Wildman–Crippen LogP) is 6.20. The maximum atomic E-state index is 13.3. The Balaban J connectivity index is 1.44. The number of fused-ring (bicyclic) bond motifs is 1. The maximum absolute atomic E-state index is 13.3. The zero-order valence-corrected chi connectivity index (χ0v) is 19.1. The van der Waals surface area contributed by atoms with Gasteiger partial charge in [0.2, 0.25) is 0 Å². The monoisotopic (exact) mass is 517 g/mol. The van der Waals surface area contributed by atoms with Gasteiger partial charge in [-0.1, -0.05) is 18.2 Å². The highest BCUT2D eigenvalue weighted by atomic mass is 32.2. The van der Waals surface area contributed by atoms with E-state index in [1.807, 2.05) is 6.08 Å². The molecule has 2 aromatic carbocycles. The van der Waals surface area contributed by atoms with E-state index in [1.165, 1.54) is 11.8 Å². The van der Waals surface area contributed by atoms with Crippen molar-refractivity contribution < 1.29 is 41.0 Å². The summed E-state index contributed by atoms with van der Waals surface area (Å²) < 4.78 is 84.1. The quantitative estimate of drug-likeness (QED) is 0.463. The molecule has 2 aliphatic rings. The van der Waals surface area contributed by atoms with Gasteiger partial charge in [-0.3, -0.25) is 9.69 Å². The second kappa shape index (κ2) is 9.77. The molecule has 1 N–H and O–H groups in total. The first-order valence-electron chi connectivity index (χ1n) is 10.7. The lowest BCUT2D eigenvalue weighted by Gasteiger charge is -2.22. The topological polar surface area (TPSA) is 49.8 Å². The molecule has 4 nitrogen and oxygen atoms in total. The standard InChI is InChI=1S/C24H21F6NO3S/c25-23(26,27)18-3-1-17(20(8-18)24(28,29)30)12-34-19-4-2-15-7-14(13-35-21(15)9-19)10-31-6-5-16(11-31)22(32)33/h1-4,7-9,16H,5-6,10-13H2,(H,32,33). The number of halogens is 6. The Hall–Kier alpha value is -2.66. The molecule has 11 heteroatoms. The molecule has 1 unspecified atom stereocenters. The van der Waals surface area contributed by atoms with Gasteiger partial charge in [0.25, 0.3) is 0 Å². The van der Waals surface area contributed by atoms with Crippen LogP contribution >= 0.6 is 11.8 Å². The van der Waals surface area contributed by atoms with Crippen LogP contribution in [0, 0.1) is 5.92 Å². The Morgan fingerprint density at radius 2 is 1.86 bits per heavy atom. The molecule has 1 fully saturated rings. The molecule has 35 heavy (non-hydrogen) atoms. The molecule has 0 bridgehead atoms. The Morgan fingerprint density at radius 1 is 1.09 bits per heavy atom. The molecule has 0 saturated carbocycles. The Bertz CT molecular complexity index is 1150. The van der Waals surface area contributed by atoms with Crippen molar-refractivity contribution in [2.75, 3.05) is 25.4 Å². The molecular formula is C24H21F6NO3S. The predicted molar refractivity (Wildman–Crippen MR) is 118 cm³/mol. The van der Waals surface area contributed by atoms with E-state index in [0.29, 0.717) is 37.1 Å². The number of likely N-dealkylation sites (tertiary alicyclic amines) is 1. The summed E-state index contributed by atoms with van der Waals surface area (Å²) in [5.74, 6) is -0.135. The van der Waals surface area contributed by atoms with Crippen LogP contribution in [-0.2, 0) is 23.8 Å². The number of carbonyl (C=O) groups is 1. The third-order valence-electron chi connectivity index (χ3n) is 5.94. The highest BCUT2D eigenvalue weighted by Crippen LogP contribution is 2.39. The van der Waals surface area contributed by atoms with Gasteiger partial charge in [-0.15, -0.1) is 11.8 Å². The summed E-state index contributed by atoms with van der Waals surface area (Å²) in [5.41, 5.74) is -1.07. The van der Waals surface area contributed by atoms with E-state index in [0.717, 1.165) is 28.6 Å². The van der Waals surface area contributed by atoms with Crippen LogP contribution in [0.3, 0.4) is 0 Å². The van der Waals surface area contributed by atoms with Gasteiger partial charge in [-0.25, -0.2) is 0 Å². The van der Waals surface area contributed by atoms with Crippen LogP contribution in [0.5, 0.6) is 5.75 Å². The molecule has 2 heterocycles. The summed E-state index contributed by atoms with van der Waals surface area (Å²) in [6.07, 6.45) is -7.19. The lowest BCUT2D eigenvalue weighted by molar-refractivity contribution is -0.144. The number of hydrogen-bond donors (Lipinski definition) is 1. The number of aliphatic carboxylic acids is 1. The molecule has 188 valence electrons. The largest absolute Gasteiger partial charge is 0.489 e. The fraction of sp³-hybridized carbons (Fsp3) is 0.375. The number of carboxylic acid groups (broad SMARTS) is 1. The van der Waals surface area contributed by atoms with Crippen LogP contribution in [0.15, 0.2) is 46.9 Å². The molecule has 0 radical (unpaired) electrons. The SMILES string of the molecule is O=C(O)C1CCN(CC2=Cc3ccc(OCc4ccc(C(F)(F)F)cc4C(F)(F)F)cc3SC2)C1. The number of thioether (sulfide) groups is 1. The smallest absolute Gasteiger partial charge is 0.416 e. The van der Waals surface area contributed by atoms with Crippen LogP contribution in [0.4, 0.5) is 26.3 Å². The van der Waals surface area contributed by atoms with Crippen molar-refractivity contribution in [3.05, 3.63) is 64.2 Å². The van der Waals surface area contributed by atoms with Crippen LogP contribution in [0.25, 0.3) is 6.08 Å². The highest BCUT2D eigenvalue weighted by molar-refractivity contribution is 7.99. The van der Waals surface area contributed by atoms with Crippen LogP contribution in [0.2, 0.25) is 0 Å². The summed E-state index contributed by atoms with van der Waals surface area (Å²) >= 11 is 1.54. The summed E-state index contributed by atoms with van der Waals surface area (Å²) in [4.78, 5) is 14.1. The van der Waals surface area contributed by atoms with Gasteiger partial charge in [0.05, 0.1) is 17.0 Å². The fourth-order valence-electron chi connectivity index (χ4n) is 4.14. The molecule has 0 amide bonds. The maximum Gasteiger partial charge on any atom is 0.416 e. The lowest BCUT2D eigenvalue weighted by Crippen LogP contribution is -2.26. The Morgan fingerprint density at radius 3 is 2.51 bits per heavy atom. The molecule has 4 rings (SSSR count). The van der Waals surface area contributed by atoms with E-state index < -0.39 is 36.1 Å². The number of carboxylic acids is 1. The number of benzene rings is 2. The first-order valence-corrected chi connectivity index (χ1v) is 11.7. The Labute approximate surface area is 201 Å². The normalized spacial score (nSPS) is 18.8. The number of nitrogens with zero attached hydrogens (tertiary/aromatic N) is 1. The van der Waals surface area contributed by atoms with Gasteiger partial charge in [0, 0.05) is 29.3 Å². The van der Waals surface area contributed by atoms with Crippen molar-refractivity contribution in [3.63, 3.8) is 0 Å². The zero-order chi connectivity index (χ0) is 25.4. The van der Waals surface area contributed by atoms with E-state index in [9.17, 15) is 31.1 Å².